The van der Waals surface area contributed by atoms with Gasteiger partial charge in [-0.15, -0.1) is 0 Å². The van der Waals surface area contributed by atoms with Gasteiger partial charge in [-0.05, 0) is 6.92 Å². The Labute approximate surface area is 120 Å². The normalized spacial score (nSPS) is 12.0. The Morgan fingerprint density at radius 2 is 1.60 bits per heavy atom. The second-order valence-corrected chi connectivity index (χ2v) is 5.30. The summed E-state index contributed by atoms with van der Waals surface area (Å²) in [6.07, 6.45) is 3.90. The Kier molecular flexibility index (Phi) is 4.18. The van der Waals surface area contributed by atoms with E-state index in [4.69, 9.17) is 0 Å². The third-order valence-electron chi connectivity index (χ3n) is 3.51. The van der Waals surface area contributed by atoms with E-state index in [1.54, 1.807) is 0 Å². The van der Waals surface area contributed by atoms with E-state index in [9.17, 15) is 4.79 Å². The SMILES string of the molecule is Cc1ccc(C(=O)C(C)[n+]2ccc(N(C)C)cc2)cc1. The number of carbonyl (C=O) groups excluding carboxylic acids is 1. The third-order valence-corrected chi connectivity index (χ3v) is 3.51. The largest absolute Gasteiger partial charge is 0.377 e. The molecule has 0 spiro atoms. The molecule has 0 fully saturated rings. The molecule has 104 valence electrons. The van der Waals surface area contributed by atoms with Gasteiger partial charge in [0.05, 0.1) is 0 Å². The number of nitrogens with zero attached hydrogens (tertiary/aromatic N) is 2. The molecule has 0 N–H and O–H groups in total. The first-order valence-electron chi connectivity index (χ1n) is 6.78. The minimum absolute atomic E-state index is 0.132. The molecule has 20 heavy (non-hydrogen) atoms. The molecule has 0 saturated carbocycles. The van der Waals surface area contributed by atoms with Gasteiger partial charge in [-0.1, -0.05) is 29.8 Å². The zero-order valence-electron chi connectivity index (χ0n) is 12.5. The first kappa shape index (κ1) is 14.3. The molecule has 2 rings (SSSR count). The molecule has 0 aliphatic heterocycles. The molecule has 3 nitrogen and oxygen atoms in total. The fourth-order valence-corrected chi connectivity index (χ4v) is 2.08. The number of hydrogen-bond acceptors (Lipinski definition) is 2. The van der Waals surface area contributed by atoms with Crippen LogP contribution in [0.15, 0.2) is 48.8 Å². The summed E-state index contributed by atoms with van der Waals surface area (Å²) in [6, 6.07) is 11.6. The van der Waals surface area contributed by atoms with Gasteiger partial charge in [-0.25, -0.2) is 0 Å². The van der Waals surface area contributed by atoms with Crippen molar-refractivity contribution in [1.29, 1.82) is 0 Å². The minimum atomic E-state index is -0.200. The number of Topliss-reactive ketones (excluding diaryl/α,β-unsaturated/α-hetero) is 1. The van der Waals surface area contributed by atoms with Gasteiger partial charge in [0.25, 0.3) is 0 Å². The smallest absolute Gasteiger partial charge is 0.230 e. The lowest BCUT2D eigenvalue weighted by atomic mass is 10.0. The highest BCUT2D eigenvalue weighted by molar-refractivity contribution is 5.97. The van der Waals surface area contributed by atoms with Crippen LogP contribution >= 0.6 is 0 Å². The lowest BCUT2D eigenvalue weighted by Gasteiger charge is -2.12. The molecule has 1 heterocycles. The van der Waals surface area contributed by atoms with Crippen LogP contribution in [0.2, 0.25) is 0 Å². The molecule has 0 aliphatic rings. The Balaban J connectivity index is 2.19. The van der Waals surface area contributed by atoms with E-state index in [0.717, 1.165) is 16.8 Å². The molecule has 0 amide bonds. The average molecular weight is 269 g/mol. The number of aryl methyl sites for hydroxylation is 1. The van der Waals surface area contributed by atoms with E-state index >= 15 is 0 Å². The highest BCUT2D eigenvalue weighted by Gasteiger charge is 2.23. The van der Waals surface area contributed by atoms with Crippen molar-refractivity contribution in [3.8, 4) is 0 Å². The molecular formula is C17H21N2O+. The van der Waals surface area contributed by atoms with Crippen molar-refractivity contribution in [2.75, 3.05) is 19.0 Å². The van der Waals surface area contributed by atoms with Crippen LogP contribution in [0.1, 0.15) is 28.9 Å². The maximum absolute atomic E-state index is 12.4. The predicted molar refractivity (Wildman–Crippen MR) is 81.2 cm³/mol. The highest BCUT2D eigenvalue weighted by atomic mass is 16.1. The number of hydrogen-bond donors (Lipinski definition) is 0. The van der Waals surface area contributed by atoms with Crippen LogP contribution in [-0.4, -0.2) is 19.9 Å². The van der Waals surface area contributed by atoms with E-state index < -0.39 is 0 Å². The van der Waals surface area contributed by atoms with E-state index in [1.807, 2.05) is 86.2 Å². The summed E-state index contributed by atoms with van der Waals surface area (Å²) < 4.78 is 1.94. The number of carbonyl (C=O) groups is 1. The summed E-state index contributed by atoms with van der Waals surface area (Å²) in [5.41, 5.74) is 3.04. The van der Waals surface area contributed by atoms with Crippen molar-refractivity contribution in [2.45, 2.75) is 19.9 Å². The summed E-state index contributed by atoms with van der Waals surface area (Å²) in [4.78, 5) is 14.5. The first-order chi connectivity index (χ1) is 9.49. The van der Waals surface area contributed by atoms with Crippen molar-refractivity contribution in [3.63, 3.8) is 0 Å². The van der Waals surface area contributed by atoms with Gasteiger partial charge in [-0.3, -0.25) is 4.79 Å². The van der Waals surface area contributed by atoms with Gasteiger partial charge < -0.3 is 4.90 Å². The summed E-state index contributed by atoms with van der Waals surface area (Å²) in [7, 11) is 4.00. The Hall–Kier alpha value is -2.16. The summed E-state index contributed by atoms with van der Waals surface area (Å²) in [6.45, 7) is 3.95. The second-order valence-electron chi connectivity index (χ2n) is 5.30. The number of benzene rings is 1. The van der Waals surface area contributed by atoms with Crippen LogP contribution < -0.4 is 9.47 Å². The lowest BCUT2D eigenvalue weighted by Crippen LogP contribution is -2.41. The van der Waals surface area contributed by atoms with Gasteiger partial charge >= 0.3 is 0 Å². The molecule has 1 atom stereocenters. The van der Waals surface area contributed by atoms with Crippen molar-refractivity contribution in [2.24, 2.45) is 0 Å². The van der Waals surface area contributed by atoms with Crippen LogP contribution in [0.25, 0.3) is 0 Å². The van der Waals surface area contributed by atoms with E-state index in [2.05, 4.69) is 0 Å². The molecule has 0 saturated heterocycles. The minimum Gasteiger partial charge on any atom is -0.377 e. The van der Waals surface area contributed by atoms with Crippen LogP contribution in [0.5, 0.6) is 0 Å². The lowest BCUT2D eigenvalue weighted by molar-refractivity contribution is -0.704. The molecule has 0 radical (unpaired) electrons. The van der Waals surface area contributed by atoms with Gasteiger partial charge in [0.2, 0.25) is 11.8 Å². The molecule has 0 aliphatic carbocycles. The topological polar surface area (TPSA) is 24.2 Å². The van der Waals surface area contributed by atoms with E-state index in [0.29, 0.717) is 0 Å². The van der Waals surface area contributed by atoms with E-state index in [-0.39, 0.29) is 11.8 Å². The van der Waals surface area contributed by atoms with Gasteiger partial charge in [0.1, 0.15) is 0 Å². The van der Waals surface area contributed by atoms with Crippen LogP contribution in [0.4, 0.5) is 5.69 Å². The first-order valence-corrected chi connectivity index (χ1v) is 6.78. The zero-order chi connectivity index (χ0) is 14.7. The fraction of sp³-hybridized carbons (Fsp3) is 0.294. The molecule has 0 bridgehead atoms. The summed E-state index contributed by atoms with van der Waals surface area (Å²) in [5, 5.41) is 0. The molecule has 3 heteroatoms. The van der Waals surface area contributed by atoms with Gasteiger partial charge in [0.15, 0.2) is 12.4 Å². The van der Waals surface area contributed by atoms with Crippen molar-refractivity contribution in [3.05, 3.63) is 59.9 Å². The number of anilines is 1. The quantitative estimate of drug-likeness (QED) is 0.629. The number of aromatic nitrogens is 1. The maximum atomic E-state index is 12.4. The monoisotopic (exact) mass is 269 g/mol. The summed E-state index contributed by atoms with van der Waals surface area (Å²) >= 11 is 0. The Bertz CT molecular complexity index is 585. The second kappa shape index (κ2) is 5.87. The van der Waals surface area contributed by atoms with Crippen LogP contribution in [0, 0.1) is 6.92 Å². The molecule has 2 aromatic rings. The molecule has 1 aromatic heterocycles. The molecular weight excluding hydrogens is 248 g/mol. The van der Waals surface area contributed by atoms with Crippen molar-refractivity contribution >= 4 is 11.5 Å². The van der Waals surface area contributed by atoms with E-state index in [1.165, 1.54) is 0 Å². The average Bonchev–Trinajstić information content (AvgIpc) is 2.46. The van der Waals surface area contributed by atoms with Gasteiger partial charge in [0, 0.05) is 44.4 Å². The maximum Gasteiger partial charge on any atom is 0.230 e. The molecule has 1 aromatic carbocycles. The fourth-order valence-electron chi connectivity index (χ4n) is 2.08. The third kappa shape index (κ3) is 3.05. The van der Waals surface area contributed by atoms with Gasteiger partial charge in [-0.2, -0.15) is 4.57 Å². The number of rotatable bonds is 4. The van der Waals surface area contributed by atoms with Crippen LogP contribution in [0.3, 0.4) is 0 Å². The highest BCUT2D eigenvalue weighted by Crippen LogP contribution is 2.12. The van der Waals surface area contributed by atoms with Crippen molar-refractivity contribution < 1.29 is 9.36 Å². The summed E-state index contributed by atoms with van der Waals surface area (Å²) in [5.74, 6) is 0.132. The Morgan fingerprint density at radius 3 is 2.10 bits per heavy atom. The standard InChI is InChI=1S/C17H21N2O/c1-13-5-7-15(8-6-13)17(20)14(2)19-11-9-16(10-12-19)18(3)4/h5-12,14H,1-4H3/q+1. The Morgan fingerprint density at radius 1 is 1.05 bits per heavy atom. The van der Waals surface area contributed by atoms with Crippen molar-refractivity contribution in [1.82, 2.24) is 0 Å². The number of ketones is 1. The predicted octanol–water partition coefficient (Wildman–Crippen LogP) is 2.79. The number of pyridine rings is 1. The molecule has 1 unspecified atom stereocenters. The zero-order valence-corrected chi connectivity index (χ0v) is 12.5. The van der Waals surface area contributed by atoms with Crippen LogP contribution in [-0.2, 0) is 0 Å².